The molecule has 8 nitrogen and oxygen atoms in total. The molecule has 0 atom stereocenters. The van der Waals surface area contributed by atoms with Gasteiger partial charge in [-0.15, -0.1) is 0 Å². The molecule has 1 aliphatic rings. The molecule has 0 spiro atoms. The minimum absolute atomic E-state index is 0.0617. The number of Topliss-reactive ketones (excluding diaryl/α,β-unsaturated/α-hetero) is 1. The number of carbonyl (C=O) groups is 3. The Morgan fingerprint density at radius 2 is 1.62 bits per heavy atom. The highest BCUT2D eigenvalue weighted by Crippen LogP contribution is 2.26. The molecular formula is C26H33N3O5. The summed E-state index contributed by atoms with van der Waals surface area (Å²) in [4.78, 5) is 41.7. The van der Waals surface area contributed by atoms with Crippen LogP contribution in [0.25, 0.3) is 0 Å². The van der Waals surface area contributed by atoms with Gasteiger partial charge in [-0.25, -0.2) is 4.79 Å². The highest BCUT2D eigenvalue weighted by Gasteiger charge is 2.27. The third-order valence-corrected chi connectivity index (χ3v) is 5.89. The summed E-state index contributed by atoms with van der Waals surface area (Å²) in [6.07, 6.45) is 0.464. The lowest BCUT2D eigenvalue weighted by molar-refractivity contribution is 0.0668. The Hall–Kier alpha value is -3.55. The van der Waals surface area contributed by atoms with Crippen LogP contribution in [0.1, 0.15) is 46.5 Å². The Bertz CT molecular complexity index is 1060. The fourth-order valence-corrected chi connectivity index (χ4v) is 3.87. The van der Waals surface area contributed by atoms with Crippen LogP contribution >= 0.6 is 0 Å². The molecule has 2 aromatic carbocycles. The van der Waals surface area contributed by atoms with Crippen molar-refractivity contribution in [3.63, 3.8) is 0 Å². The average Bonchev–Trinajstić information content (AvgIpc) is 2.84. The molecule has 3 amide bonds. The Kier molecular flexibility index (Phi) is 8.15. The molecule has 0 unspecified atom stereocenters. The van der Waals surface area contributed by atoms with E-state index in [0.717, 1.165) is 5.56 Å². The second-order valence-electron chi connectivity index (χ2n) is 8.83. The Morgan fingerprint density at radius 3 is 2.24 bits per heavy atom. The van der Waals surface area contributed by atoms with Crippen molar-refractivity contribution in [3.8, 4) is 11.5 Å². The quantitative estimate of drug-likeness (QED) is 0.616. The van der Waals surface area contributed by atoms with E-state index in [2.05, 4.69) is 5.32 Å². The van der Waals surface area contributed by atoms with Crippen molar-refractivity contribution in [1.82, 2.24) is 9.80 Å². The van der Waals surface area contributed by atoms with E-state index in [1.165, 1.54) is 7.11 Å². The number of nitrogens with one attached hydrogen (secondary N) is 1. The highest BCUT2D eigenvalue weighted by atomic mass is 16.5. The first-order valence-electron chi connectivity index (χ1n) is 11.4. The van der Waals surface area contributed by atoms with Crippen LogP contribution in [0.15, 0.2) is 36.4 Å². The summed E-state index contributed by atoms with van der Waals surface area (Å²) < 4.78 is 10.6. The van der Waals surface area contributed by atoms with Gasteiger partial charge in [0.1, 0.15) is 11.5 Å². The number of hydrogen-bond donors (Lipinski definition) is 1. The maximum absolute atomic E-state index is 13.0. The van der Waals surface area contributed by atoms with E-state index in [9.17, 15) is 14.4 Å². The standard InChI is InChI=1S/C26H33N3O5/c1-17(2)14-23(30)19-7-6-18(3)22(15-19)27-26(32)29-12-10-28(11-13-29)25(31)21-9-8-20(33-4)16-24(21)34-5/h6-9,15-17H,10-14H2,1-5H3,(H,27,32). The number of rotatable bonds is 7. The van der Waals surface area contributed by atoms with Crippen molar-refractivity contribution in [2.24, 2.45) is 5.92 Å². The van der Waals surface area contributed by atoms with Gasteiger partial charge >= 0.3 is 6.03 Å². The average molecular weight is 468 g/mol. The molecule has 1 heterocycles. The fourth-order valence-electron chi connectivity index (χ4n) is 3.87. The van der Waals surface area contributed by atoms with Crippen LogP contribution in [0, 0.1) is 12.8 Å². The molecule has 1 saturated heterocycles. The number of nitrogens with zero attached hydrogens (tertiary/aromatic N) is 2. The van der Waals surface area contributed by atoms with Gasteiger partial charge in [-0.05, 0) is 36.6 Å². The van der Waals surface area contributed by atoms with Crippen LogP contribution in [0.3, 0.4) is 0 Å². The van der Waals surface area contributed by atoms with E-state index in [-0.39, 0.29) is 23.6 Å². The zero-order chi connectivity index (χ0) is 24.8. The minimum atomic E-state index is -0.245. The topological polar surface area (TPSA) is 88.2 Å². The molecule has 0 aliphatic carbocycles. The van der Waals surface area contributed by atoms with Gasteiger partial charge in [-0.2, -0.15) is 0 Å². The molecule has 1 aliphatic heterocycles. The summed E-state index contributed by atoms with van der Waals surface area (Å²) in [6.45, 7) is 7.53. The van der Waals surface area contributed by atoms with Crippen LogP contribution in [-0.4, -0.2) is 67.9 Å². The van der Waals surface area contributed by atoms with Crippen LogP contribution < -0.4 is 14.8 Å². The summed E-state index contributed by atoms with van der Waals surface area (Å²) >= 11 is 0. The number of hydrogen-bond acceptors (Lipinski definition) is 5. The number of urea groups is 1. The fraction of sp³-hybridized carbons (Fsp3) is 0.423. The van der Waals surface area contributed by atoms with Crippen LogP contribution in [0.4, 0.5) is 10.5 Å². The van der Waals surface area contributed by atoms with Crippen molar-refractivity contribution < 1.29 is 23.9 Å². The summed E-state index contributed by atoms with van der Waals surface area (Å²) in [7, 11) is 3.07. The van der Waals surface area contributed by atoms with Gasteiger partial charge < -0.3 is 24.6 Å². The van der Waals surface area contributed by atoms with Gasteiger partial charge in [-0.3, -0.25) is 9.59 Å². The summed E-state index contributed by atoms with van der Waals surface area (Å²) in [5.74, 6) is 1.24. The first-order valence-corrected chi connectivity index (χ1v) is 11.4. The van der Waals surface area contributed by atoms with Gasteiger partial charge in [0.25, 0.3) is 5.91 Å². The number of ether oxygens (including phenoxy) is 2. The van der Waals surface area contributed by atoms with Gasteiger partial charge in [0.15, 0.2) is 5.78 Å². The van der Waals surface area contributed by atoms with Crippen molar-refractivity contribution in [2.75, 3.05) is 45.7 Å². The number of piperazine rings is 1. The molecule has 0 bridgehead atoms. The highest BCUT2D eigenvalue weighted by molar-refractivity contribution is 5.99. The van der Waals surface area contributed by atoms with Crippen molar-refractivity contribution >= 4 is 23.4 Å². The lowest BCUT2D eigenvalue weighted by atomic mass is 9.99. The van der Waals surface area contributed by atoms with Crippen LogP contribution in [0.5, 0.6) is 11.5 Å². The van der Waals surface area contributed by atoms with E-state index in [1.54, 1.807) is 47.2 Å². The molecule has 0 aromatic heterocycles. The number of aryl methyl sites for hydroxylation is 1. The maximum Gasteiger partial charge on any atom is 0.321 e. The lowest BCUT2D eigenvalue weighted by Crippen LogP contribution is -2.51. The molecule has 182 valence electrons. The third-order valence-electron chi connectivity index (χ3n) is 5.89. The molecule has 0 saturated carbocycles. The zero-order valence-electron chi connectivity index (χ0n) is 20.5. The number of anilines is 1. The smallest absolute Gasteiger partial charge is 0.321 e. The Labute approximate surface area is 200 Å². The Balaban J connectivity index is 1.62. The van der Waals surface area contributed by atoms with E-state index >= 15 is 0 Å². The summed E-state index contributed by atoms with van der Waals surface area (Å²) in [5.41, 5.74) is 2.56. The molecule has 0 radical (unpaired) electrons. The van der Waals surface area contributed by atoms with E-state index in [0.29, 0.717) is 60.9 Å². The van der Waals surface area contributed by atoms with E-state index in [1.807, 2.05) is 26.8 Å². The summed E-state index contributed by atoms with van der Waals surface area (Å²) in [5, 5.41) is 2.93. The number of amides is 3. The van der Waals surface area contributed by atoms with Crippen molar-refractivity contribution in [2.45, 2.75) is 27.2 Å². The number of benzene rings is 2. The molecule has 3 rings (SSSR count). The van der Waals surface area contributed by atoms with Gasteiger partial charge in [-0.1, -0.05) is 26.0 Å². The zero-order valence-corrected chi connectivity index (χ0v) is 20.5. The molecule has 2 aromatic rings. The molecule has 8 heteroatoms. The van der Waals surface area contributed by atoms with Crippen molar-refractivity contribution in [1.29, 1.82) is 0 Å². The third kappa shape index (κ3) is 5.87. The van der Waals surface area contributed by atoms with E-state index < -0.39 is 0 Å². The van der Waals surface area contributed by atoms with Gasteiger partial charge in [0.2, 0.25) is 0 Å². The van der Waals surface area contributed by atoms with Crippen molar-refractivity contribution in [3.05, 3.63) is 53.1 Å². The first kappa shape index (κ1) is 25.1. The predicted molar refractivity (Wildman–Crippen MR) is 131 cm³/mol. The largest absolute Gasteiger partial charge is 0.497 e. The second-order valence-corrected chi connectivity index (χ2v) is 8.83. The predicted octanol–water partition coefficient (Wildman–Crippen LogP) is 4.23. The van der Waals surface area contributed by atoms with Gasteiger partial charge in [0, 0.05) is 49.9 Å². The van der Waals surface area contributed by atoms with Gasteiger partial charge in [0.05, 0.1) is 19.8 Å². The minimum Gasteiger partial charge on any atom is -0.497 e. The van der Waals surface area contributed by atoms with Crippen LogP contribution in [-0.2, 0) is 0 Å². The molecular weight excluding hydrogens is 434 g/mol. The molecule has 1 N–H and O–H groups in total. The number of methoxy groups -OCH3 is 2. The normalized spacial score (nSPS) is 13.6. The maximum atomic E-state index is 13.0. The lowest BCUT2D eigenvalue weighted by Gasteiger charge is -2.35. The number of ketones is 1. The van der Waals surface area contributed by atoms with Crippen LogP contribution in [0.2, 0.25) is 0 Å². The molecule has 34 heavy (non-hydrogen) atoms. The monoisotopic (exact) mass is 467 g/mol. The Morgan fingerprint density at radius 1 is 0.941 bits per heavy atom. The molecule has 1 fully saturated rings. The SMILES string of the molecule is COc1ccc(C(=O)N2CCN(C(=O)Nc3cc(C(=O)CC(C)C)ccc3C)CC2)c(OC)c1. The van der Waals surface area contributed by atoms with E-state index in [4.69, 9.17) is 9.47 Å². The number of carbonyl (C=O) groups excluding carboxylic acids is 3. The second kappa shape index (κ2) is 11.0. The summed E-state index contributed by atoms with van der Waals surface area (Å²) in [6, 6.07) is 10.2. The first-order chi connectivity index (χ1) is 16.2.